The Kier molecular flexibility index (Phi) is 7.70. The molecule has 0 aliphatic carbocycles. The van der Waals surface area contributed by atoms with Crippen LogP contribution in [0.5, 0.6) is 5.75 Å². The van der Waals surface area contributed by atoms with Crippen LogP contribution in [0.1, 0.15) is 0 Å². The Labute approximate surface area is 185 Å². The van der Waals surface area contributed by atoms with E-state index in [9.17, 15) is 5.11 Å². The summed E-state index contributed by atoms with van der Waals surface area (Å²) in [5.74, 6) is 1.67. The summed E-state index contributed by atoms with van der Waals surface area (Å²) in [5, 5.41) is 17.3. The predicted molar refractivity (Wildman–Crippen MR) is 122 cm³/mol. The molecule has 0 bridgehead atoms. The third-order valence-electron chi connectivity index (χ3n) is 3.98. The van der Waals surface area contributed by atoms with Gasteiger partial charge in [0.25, 0.3) is 0 Å². The Morgan fingerprint density at radius 1 is 1.07 bits per heavy atom. The molecule has 3 aromatic rings. The van der Waals surface area contributed by atoms with Crippen molar-refractivity contribution in [2.75, 3.05) is 37.9 Å². The molecule has 1 heterocycles. The number of aliphatic hydroxyl groups is 1. The Hall–Kier alpha value is -2.58. The minimum absolute atomic E-state index is 0.230. The van der Waals surface area contributed by atoms with Crippen LogP contribution in [-0.2, 0) is 0 Å². The van der Waals surface area contributed by atoms with Crippen molar-refractivity contribution in [1.29, 1.82) is 0 Å². The summed E-state index contributed by atoms with van der Waals surface area (Å²) in [7, 11) is 3.81. The molecule has 3 N–H and O–H groups in total. The van der Waals surface area contributed by atoms with E-state index in [1.807, 2.05) is 43.3 Å². The molecule has 158 valence electrons. The van der Waals surface area contributed by atoms with Crippen LogP contribution in [0.15, 0.2) is 54.7 Å². The monoisotopic (exact) mass is 447 g/mol. The standard InChI is InChI=1S/C21H23Cl2N5O2/c1-28(2)12-16(29)13-30-17-6-4-15(5-7-17)25-21-24-10-9-20(27-21)26-19-11-14(22)3-8-18(19)23/h3-11,16,29H,12-13H2,1-2H3,(H2,24,25,26,27)/t16-/m0/s1. The normalized spacial score (nSPS) is 11.9. The van der Waals surface area contributed by atoms with Crippen LogP contribution in [0.25, 0.3) is 0 Å². The largest absolute Gasteiger partial charge is 0.491 e. The third-order valence-corrected chi connectivity index (χ3v) is 4.54. The Bertz CT molecular complexity index is 970. The number of hydrogen-bond donors (Lipinski definition) is 3. The third kappa shape index (κ3) is 6.74. The molecule has 0 aliphatic heterocycles. The minimum atomic E-state index is -0.547. The molecule has 0 aliphatic rings. The lowest BCUT2D eigenvalue weighted by Gasteiger charge is -2.16. The molecular weight excluding hydrogens is 425 g/mol. The van der Waals surface area contributed by atoms with Crippen molar-refractivity contribution in [2.24, 2.45) is 0 Å². The summed E-state index contributed by atoms with van der Waals surface area (Å²) in [6.07, 6.45) is 1.09. The van der Waals surface area contributed by atoms with Gasteiger partial charge in [0.2, 0.25) is 5.95 Å². The van der Waals surface area contributed by atoms with E-state index in [4.69, 9.17) is 27.9 Å². The molecule has 0 spiro atoms. The zero-order valence-electron chi connectivity index (χ0n) is 16.6. The second kappa shape index (κ2) is 10.4. The second-order valence-electron chi connectivity index (χ2n) is 6.89. The Morgan fingerprint density at radius 3 is 2.57 bits per heavy atom. The van der Waals surface area contributed by atoms with Gasteiger partial charge >= 0.3 is 0 Å². The number of aromatic nitrogens is 2. The van der Waals surface area contributed by atoms with E-state index in [1.165, 1.54) is 0 Å². The van der Waals surface area contributed by atoms with E-state index in [0.717, 1.165) is 5.69 Å². The lowest BCUT2D eigenvalue weighted by atomic mass is 10.3. The van der Waals surface area contributed by atoms with Crippen LogP contribution in [-0.4, -0.2) is 53.3 Å². The first-order valence-electron chi connectivity index (χ1n) is 9.27. The zero-order chi connectivity index (χ0) is 21.5. The summed E-state index contributed by atoms with van der Waals surface area (Å²) in [4.78, 5) is 10.6. The van der Waals surface area contributed by atoms with Gasteiger partial charge in [-0.2, -0.15) is 4.98 Å². The minimum Gasteiger partial charge on any atom is -0.491 e. The molecule has 0 amide bonds. The van der Waals surface area contributed by atoms with Gasteiger partial charge in [0.1, 0.15) is 24.3 Å². The van der Waals surface area contributed by atoms with Gasteiger partial charge in [-0.15, -0.1) is 0 Å². The summed E-state index contributed by atoms with van der Waals surface area (Å²) in [5.41, 5.74) is 1.46. The van der Waals surface area contributed by atoms with Crippen molar-refractivity contribution < 1.29 is 9.84 Å². The van der Waals surface area contributed by atoms with Crippen LogP contribution in [0, 0.1) is 0 Å². The van der Waals surface area contributed by atoms with Crippen molar-refractivity contribution in [1.82, 2.24) is 14.9 Å². The number of hydrogen-bond acceptors (Lipinski definition) is 7. The van der Waals surface area contributed by atoms with Gasteiger partial charge in [-0.25, -0.2) is 4.98 Å². The number of nitrogens with zero attached hydrogens (tertiary/aromatic N) is 3. The first-order chi connectivity index (χ1) is 14.4. The number of halogens is 2. The van der Waals surface area contributed by atoms with E-state index in [1.54, 1.807) is 30.5 Å². The summed E-state index contributed by atoms with van der Waals surface area (Å²) >= 11 is 12.2. The van der Waals surface area contributed by atoms with E-state index >= 15 is 0 Å². The molecule has 7 nitrogen and oxygen atoms in total. The van der Waals surface area contributed by atoms with E-state index < -0.39 is 6.10 Å². The van der Waals surface area contributed by atoms with Crippen molar-refractivity contribution in [3.05, 3.63) is 64.8 Å². The lowest BCUT2D eigenvalue weighted by Crippen LogP contribution is -2.30. The Morgan fingerprint density at radius 2 is 1.83 bits per heavy atom. The molecule has 0 fully saturated rings. The molecule has 1 aromatic heterocycles. The van der Waals surface area contributed by atoms with Gasteiger partial charge in [-0.1, -0.05) is 23.2 Å². The molecule has 3 rings (SSSR count). The average Bonchev–Trinajstić information content (AvgIpc) is 2.70. The van der Waals surface area contributed by atoms with Crippen molar-refractivity contribution >= 4 is 46.3 Å². The summed E-state index contributed by atoms with van der Waals surface area (Å²) in [6.45, 7) is 0.773. The average molecular weight is 448 g/mol. The zero-order valence-corrected chi connectivity index (χ0v) is 18.2. The number of rotatable bonds is 9. The second-order valence-corrected chi connectivity index (χ2v) is 7.73. The molecule has 2 aromatic carbocycles. The maximum Gasteiger partial charge on any atom is 0.229 e. The van der Waals surface area contributed by atoms with Gasteiger partial charge in [-0.05, 0) is 62.6 Å². The molecule has 0 saturated heterocycles. The van der Waals surface area contributed by atoms with Crippen LogP contribution >= 0.6 is 23.2 Å². The smallest absolute Gasteiger partial charge is 0.229 e. The topological polar surface area (TPSA) is 82.5 Å². The Balaban J connectivity index is 1.60. The van der Waals surface area contributed by atoms with Gasteiger partial charge in [-0.3, -0.25) is 0 Å². The van der Waals surface area contributed by atoms with Crippen LogP contribution in [0.3, 0.4) is 0 Å². The molecule has 1 atom stereocenters. The fourth-order valence-corrected chi connectivity index (χ4v) is 2.99. The highest BCUT2D eigenvalue weighted by atomic mass is 35.5. The first kappa shape index (κ1) is 22.1. The highest BCUT2D eigenvalue weighted by Gasteiger charge is 2.07. The summed E-state index contributed by atoms with van der Waals surface area (Å²) in [6, 6.07) is 14.2. The number of anilines is 4. The van der Waals surface area contributed by atoms with Gasteiger partial charge < -0.3 is 25.4 Å². The van der Waals surface area contributed by atoms with Crippen molar-refractivity contribution in [2.45, 2.75) is 6.10 Å². The maximum atomic E-state index is 9.88. The number of nitrogens with one attached hydrogen (secondary N) is 2. The predicted octanol–water partition coefficient (Wildman–Crippen LogP) is 4.57. The van der Waals surface area contributed by atoms with Gasteiger partial charge in [0.05, 0.1) is 10.7 Å². The van der Waals surface area contributed by atoms with E-state index in [0.29, 0.717) is 39.8 Å². The summed E-state index contributed by atoms with van der Waals surface area (Å²) < 4.78 is 5.61. The lowest BCUT2D eigenvalue weighted by molar-refractivity contribution is 0.0831. The number of likely N-dealkylation sites (N-methyl/N-ethyl adjacent to an activating group) is 1. The number of aliphatic hydroxyl groups excluding tert-OH is 1. The molecular formula is C21H23Cl2N5O2. The number of ether oxygens (including phenoxy) is 1. The highest BCUT2D eigenvalue weighted by Crippen LogP contribution is 2.28. The van der Waals surface area contributed by atoms with E-state index in [-0.39, 0.29) is 6.61 Å². The number of benzene rings is 2. The molecule has 0 radical (unpaired) electrons. The van der Waals surface area contributed by atoms with Crippen LogP contribution in [0.2, 0.25) is 10.0 Å². The SMILES string of the molecule is CN(C)C[C@H](O)COc1ccc(Nc2nccc(Nc3cc(Cl)ccc3Cl)n2)cc1. The maximum absolute atomic E-state index is 9.88. The first-order valence-corrected chi connectivity index (χ1v) is 10.0. The fraction of sp³-hybridized carbons (Fsp3) is 0.238. The molecule has 0 unspecified atom stereocenters. The highest BCUT2D eigenvalue weighted by molar-refractivity contribution is 6.35. The van der Waals surface area contributed by atoms with Crippen LogP contribution in [0.4, 0.5) is 23.1 Å². The molecule has 9 heteroatoms. The van der Waals surface area contributed by atoms with Crippen LogP contribution < -0.4 is 15.4 Å². The quantitative estimate of drug-likeness (QED) is 0.442. The van der Waals surface area contributed by atoms with Gasteiger partial charge in [0, 0.05) is 23.5 Å². The molecule has 0 saturated carbocycles. The van der Waals surface area contributed by atoms with Crippen molar-refractivity contribution in [3.8, 4) is 5.75 Å². The molecule has 30 heavy (non-hydrogen) atoms. The van der Waals surface area contributed by atoms with E-state index in [2.05, 4.69) is 20.6 Å². The van der Waals surface area contributed by atoms with Crippen molar-refractivity contribution in [3.63, 3.8) is 0 Å². The van der Waals surface area contributed by atoms with Gasteiger partial charge in [0.15, 0.2) is 0 Å². The fourth-order valence-electron chi connectivity index (χ4n) is 2.65.